The zero-order valence-corrected chi connectivity index (χ0v) is 14.2. The van der Waals surface area contributed by atoms with Crippen LogP contribution in [0, 0.1) is 49.4 Å². The molecule has 1 atom stereocenters. The predicted molar refractivity (Wildman–Crippen MR) is 93.5 cm³/mol. The molecule has 1 unspecified atom stereocenters. The van der Waals surface area contributed by atoms with Gasteiger partial charge >= 0.3 is 0 Å². The first-order valence-corrected chi connectivity index (χ1v) is 7.93. The molecule has 0 fully saturated rings. The Bertz CT molecular complexity index is 788. The lowest BCUT2D eigenvalue weighted by atomic mass is 9.78. The highest BCUT2D eigenvalue weighted by Crippen LogP contribution is 2.34. The van der Waals surface area contributed by atoms with Crippen molar-refractivity contribution in [1.29, 1.82) is 10.5 Å². The smallest absolute Gasteiger partial charge is 0.163 e. The standard InChI is InChI=1S/C21H20N2O/c1-14-9-15(2)21(16(3)10-14)19(18(12-22)13-23)11-20(24)17-7-5-4-6-8-17/h4-10,18-19H,11H2,1-3H3. The van der Waals surface area contributed by atoms with Gasteiger partial charge < -0.3 is 0 Å². The van der Waals surface area contributed by atoms with E-state index in [0.29, 0.717) is 5.56 Å². The Morgan fingerprint density at radius 2 is 1.54 bits per heavy atom. The SMILES string of the molecule is Cc1cc(C)c(C(CC(=O)c2ccccc2)C(C#N)C#N)c(C)c1. The minimum atomic E-state index is -0.849. The first kappa shape index (κ1) is 17.4. The Kier molecular flexibility index (Phi) is 5.51. The molecular weight excluding hydrogens is 296 g/mol. The van der Waals surface area contributed by atoms with Crippen LogP contribution in [0.3, 0.4) is 0 Å². The topological polar surface area (TPSA) is 64.7 Å². The van der Waals surface area contributed by atoms with Gasteiger partial charge in [0.2, 0.25) is 0 Å². The molecule has 24 heavy (non-hydrogen) atoms. The Morgan fingerprint density at radius 3 is 2.04 bits per heavy atom. The van der Waals surface area contributed by atoms with Crippen LogP contribution in [0.4, 0.5) is 0 Å². The van der Waals surface area contributed by atoms with Gasteiger partial charge in [-0.1, -0.05) is 48.0 Å². The fourth-order valence-electron chi connectivity index (χ4n) is 3.31. The van der Waals surface area contributed by atoms with E-state index in [-0.39, 0.29) is 12.2 Å². The Balaban J connectivity index is 2.46. The highest BCUT2D eigenvalue weighted by Gasteiger charge is 2.28. The molecule has 2 aromatic carbocycles. The van der Waals surface area contributed by atoms with Gasteiger partial charge in [0.25, 0.3) is 0 Å². The Morgan fingerprint density at radius 1 is 1.00 bits per heavy atom. The number of hydrogen-bond donors (Lipinski definition) is 0. The van der Waals surface area contributed by atoms with Crippen LogP contribution in [0.2, 0.25) is 0 Å². The van der Waals surface area contributed by atoms with Crippen molar-refractivity contribution in [3.63, 3.8) is 0 Å². The number of carbonyl (C=O) groups excluding carboxylic acids is 1. The van der Waals surface area contributed by atoms with Crippen LogP contribution in [-0.2, 0) is 0 Å². The molecule has 0 aliphatic carbocycles. The maximum Gasteiger partial charge on any atom is 0.163 e. The molecule has 120 valence electrons. The zero-order chi connectivity index (χ0) is 17.7. The third-order valence-electron chi connectivity index (χ3n) is 4.29. The Labute approximate surface area is 143 Å². The molecule has 0 aliphatic heterocycles. The second kappa shape index (κ2) is 7.57. The lowest BCUT2D eigenvalue weighted by Crippen LogP contribution is -2.17. The van der Waals surface area contributed by atoms with Gasteiger partial charge in [-0.25, -0.2) is 0 Å². The van der Waals surface area contributed by atoms with Crippen LogP contribution in [0.1, 0.15) is 45.0 Å². The van der Waals surface area contributed by atoms with Crippen LogP contribution >= 0.6 is 0 Å². The van der Waals surface area contributed by atoms with E-state index in [4.69, 9.17) is 0 Å². The summed E-state index contributed by atoms with van der Waals surface area (Å²) in [5.41, 5.74) is 4.73. The van der Waals surface area contributed by atoms with Crippen molar-refractivity contribution in [3.8, 4) is 12.1 Å². The molecule has 3 heteroatoms. The third kappa shape index (κ3) is 3.70. The van der Waals surface area contributed by atoms with E-state index in [1.54, 1.807) is 12.1 Å². The summed E-state index contributed by atoms with van der Waals surface area (Å²) < 4.78 is 0. The molecule has 2 rings (SSSR count). The number of carbonyl (C=O) groups is 1. The van der Waals surface area contributed by atoms with Crippen molar-refractivity contribution >= 4 is 5.78 Å². The molecule has 0 saturated carbocycles. The monoisotopic (exact) mass is 316 g/mol. The quantitative estimate of drug-likeness (QED) is 0.755. The minimum Gasteiger partial charge on any atom is -0.294 e. The van der Waals surface area contributed by atoms with E-state index in [1.165, 1.54) is 0 Å². The van der Waals surface area contributed by atoms with Crippen LogP contribution in [0.25, 0.3) is 0 Å². The van der Waals surface area contributed by atoms with Crippen molar-refractivity contribution in [1.82, 2.24) is 0 Å². The van der Waals surface area contributed by atoms with E-state index >= 15 is 0 Å². The first-order chi connectivity index (χ1) is 11.5. The Hall–Kier alpha value is -2.91. The van der Waals surface area contributed by atoms with Crippen LogP contribution in [0.15, 0.2) is 42.5 Å². The zero-order valence-electron chi connectivity index (χ0n) is 14.2. The molecule has 0 aromatic heterocycles. The third-order valence-corrected chi connectivity index (χ3v) is 4.29. The molecule has 0 spiro atoms. The summed E-state index contributed by atoms with van der Waals surface area (Å²) in [4.78, 5) is 12.6. The van der Waals surface area contributed by atoms with Gasteiger partial charge in [-0.3, -0.25) is 4.79 Å². The molecule has 3 nitrogen and oxygen atoms in total. The van der Waals surface area contributed by atoms with Crippen molar-refractivity contribution in [2.24, 2.45) is 5.92 Å². The summed E-state index contributed by atoms with van der Waals surface area (Å²) in [5.74, 6) is -1.32. The summed E-state index contributed by atoms with van der Waals surface area (Å²) in [6.45, 7) is 5.96. The molecule has 0 heterocycles. The van der Waals surface area contributed by atoms with E-state index in [2.05, 4.69) is 12.1 Å². The minimum absolute atomic E-state index is 0.0459. The molecule has 0 N–H and O–H groups in total. The molecule has 0 amide bonds. The van der Waals surface area contributed by atoms with Crippen LogP contribution < -0.4 is 0 Å². The van der Waals surface area contributed by atoms with Crippen molar-refractivity contribution in [2.75, 3.05) is 0 Å². The van der Waals surface area contributed by atoms with Gasteiger partial charge in [0.15, 0.2) is 5.78 Å². The maximum absolute atomic E-state index is 12.6. The number of benzene rings is 2. The number of rotatable bonds is 5. The highest BCUT2D eigenvalue weighted by molar-refractivity contribution is 5.96. The summed E-state index contributed by atoms with van der Waals surface area (Å²) in [5, 5.41) is 18.8. The summed E-state index contributed by atoms with van der Waals surface area (Å²) in [6.07, 6.45) is 0.153. The van der Waals surface area contributed by atoms with Crippen LogP contribution in [-0.4, -0.2) is 5.78 Å². The fourth-order valence-corrected chi connectivity index (χ4v) is 3.31. The van der Waals surface area contributed by atoms with E-state index in [9.17, 15) is 15.3 Å². The van der Waals surface area contributed by atoms with Gasteiger partial charge in [-0.05, 0) is 37.5 Å². The molecular formula is C21H20N2O. The molecule has 0 saturated heterocycles. The predicted octanol–water partition coefficient (Wildman–Crippen LogP) is 4.63. The maximum atomic E-state index is 12.6. The van der Waals surface area contributed by atoms with Crippen molar-refractivity contribution in [3.05, 3.63) is 70.3 Å². The summed E-state index contributed by atoms with van der Waals surface area (Å²) in [6, 6.07) is 17.2. The van der Waals surface area contributed by atoms with Crippen LogP contribution in [0.5, 0.6) is 0 Å². The largest absolute Gasteiger partial charge is 0.294 e. The van der Waals surface area contributed by atoms with E-state index in [1.807, 2.05) is 51.1 Å². The van der Waals surface area contributed by atoms with Gasteiger partial charge in [-0.15, -0.1) is 0 Å². The average molecular weight is 316 g/mol. The second-order valence-corrected chi connectivity index (χ2v) is 6.15. The van der Waals surface area contributed by atoms with E-state index in [0.717, 1.165) is 22.3 Å². The van der Waals surface area contributed by atoms with Gasteiger partial charge in [-0.2, -0.15) is 10.5 Å². The van der Waals surface area contributed by atoms with Gasteiger partial charge in [0, 0.05) is 17.9 Å². The molecule has 0 bridgehead atoms. The number of Topliss-reactive ketones (excluding diaryl/α,β-unsaturated/α-hetero) is 1. The normalized spacial score (nSPS) is 11.6. The number of nitrogens with zero attached hydrogens (tertiary/aromatic N) is 2. The summed E-state index contributed by atoms with van der Waals surface area (Å²) >= 11 is 0. The number of ketones is 1. The van der Waals surface area contributed by atoms with E-state index < -0.39 is 11.8 Å². The summed E-state index contributed by atoms with van der Waals surface area (Å²) in [7, 11) is 0. The highest BCUT2D eigenvalue weighted by atomic mass is 16.1. The van der Waals surface area contributed by atoms with Crippen molar-refractivity contribution < 1.29 is 4.79 Å². The number of nitriles is 2. The number of aryl methyl sites for hydroxylation is 3. The van der Waals surface area contributed by atoms with Gasteiger partial charge in [0.05, 0.1) is 12.1 Å². The number of hydrogen-bond acceptors (Lipinski definition) is 3. The first-order valence-electron chi connectivity index (χ1n) is 7.93. The second-order valence-electron chi connectivity index (χ2n) is 6.15. The lowest BCUT2D eigenvalue weighted by molar-refractivity contribution is 0.0970. The van der Waals surface area contributed by atoms with Crippen molar-refractivity contribution in [2.45, 2.75) is 33.1 Å². The average Bonchev–Trinajstić information content (AvgIpc) is 2.55. The van der Waals surface area contributed by atoms with Gasteiger partial charge in [0.1, 0.15) is 5.92 Å². The lowest BCUT2D eigenvalue weighted by Gasteiger charge is -2.22. The molecule has 0 aliphatic rings. The molecule has 0 radical (unpaired) electrons. The fraction of sp³-hybridized carbons (Fsp3) is 0.286. The molecule has 2 aromatic rings.